The number of hydrogen-bond donors (Lipinski definition) is 1. The third-order valence-corrected chi connectivity index (χ3v) is 8.35. The zero-order valence-electron chi connectivity index (χ0n) is 21.7. The van der Waals surface area contributed by atoms with Gasteiger partial charge in [-0.2, -0.15) is 5.10 Å². The first-order valence-corrected chi connectivity index (χ1v) is 14.7. The molecule has 36 heavy (non-hydrogen) atoms. The van der Waals surface area contributed by atoms with E-state index in [1.54, 1.807) is 6.33 Å². The molecule has 1 aliphatic heterocycles. The Kier molecular flexibility index (Phi) is 6.50. The molecule has 0 amide bonds. The Morgan fingerprint density at radius 1 is 1.08 bits per heavy atom. The first-order valence-electron chi connectivity index (χ1n) is 12.6. The van der Waals surface area contributed by atoms with Gasteiger partial charge in [0.25, 0.3) is 0 Å². The minimum Gasteiger partial charge on any atom is -0.354 e. The number of nitrogens with one attached hydrogen (secondary N) is 1. The van der Waals surface area contributed by atoms with Gasteiger partial charge in [-0.05, 0) is 56.0 Å². The Morgan fingerprint density at radius 2 is 1.83 bits per heavy atom. The number of aromatic nitrogens is 5. The highest BCUT2D eigenvalue weighted by atomic mass is 32.2. The topological polar surface area (TPSA) is 99.5 Å². The van der Waals surface area contributed by atoms with Crippen molar-refractivity contribution in [2.45, 2.75) is 40.0 Å². The highest BCUT2D eigenvalue weighted by Crippen LogP contribution is 2.37. The Morgan fingerprint density at radius 3 is 2.53 bits per heavy atom. The molecule has 1 aliphatic rings. The average molecular weight is 510 g/mol. The van der Waals surface area contributed by atoms with E-state index < -0.39 is 9.84 Å². The summed E-state index contributed by atoms with van der Waals surface area (Å²) in [6.07, 6.45) is 5.65. The number of aryl methyl sites for hydroxylation is 1. The van der Waals surface area contributed by atoms with Gasteiger partial charge in [-0.3, -0.25) is 4.90 Å². The predicted octanol–water partition coefficient (Wildman–Crippen LogP) is 3.57. The highest BCUT2D eigenvalue weighted by Gasteiger charge is 2.23. The zero-order valence-corrected chi connectivity index (χ0v) is 22.6. The second-order valence-corrected chi connectivity index (χ2v) is 12.5. The summed E-state index contributed by atoms with van der Waals surface area (Å²) in [5.74, 6) is 1.53. The molecule has 0 aliphatic carbocycles. The van der Waals surface area contributed by atoms with Gasteiger partial charge in [0, 0.05) is 49.8 Å². The van der Waals surface area contributed by atoms with Crippen LogP contribution in [0.4, 0.5) is 5.82 Å². The van der Waals surface area contributed by atoms with Gasteiger partial charge in [0.2, 0.25) is 0 Å². The van der Waals surface area contributed by atoms with Crippen molar-refractivity contribution in [3.05, 3.63) is 41.3 Å². The quantitative estimate of drug-likeness (QED) is 0.407. The molecule has 1 fully saturated rings. The van der Waals surface area contributed by atoms with Crippen molar-refractivity contribution < 1.29 is 8.42 Å². The van der Waals surface area contributed by atoms with Crippen LogP contribution in [0.2, 0.25) is 0 Å². The summed E-state index contributed by atoms with van der Waals surface area (Å²) in [4.78, 5) is 17.9. The molecular formula is C26H35N7O2S. The van der Waals surface area contributed by atoms with Crippen LogP contribution in [0, 0.1) is 13.8 Å². The van der Waals surface area contributed by atoms with Crippen molar-refractivity contribution in [3.8, 4) is 11.3 Å². The second-order valence-electron chi connectivity index (χ2n) is 10.3. The monoisotopic (exact) mass is 509 g/mol. The molecule has 0 bridgehead atoms. The molecule has 0 unspecified atom stereocenters. The summed E-state index contributed by atoms with van der Waals surface area (Å²) in [6.45, 7) is 13.1. The third-order valence-electron chi connectivity index (χ3n) is 7.32. The van der Waals surface area contributed by atoms with Crippen molar-refractivity contribution >= 4 is 32.3 Å². The van der Waals surface area contributed by atoms with Crippen molar-refractivity contribution in [2.24, 2.45) is 0 Å². The summed E-state index contributed by atoms with van der Waals surface area (Å²) in [6, 6.07) is 4.24. The van der Waals surface area contributed by atoms with E-state index in [9.17, 15) is 8.42 Å². The highest BCUT2D eigenvalue weighted by molar-refractivity contribution is 7.90. The van der Waals surface area contributed by atoms with Crippen molar-refractivity contribution in [1.29, 1.82) is 0 Å². The van der Waals surface area contributed by atoms with Gasteiger partial charge in [-0.15, -0.1) is 0 Å². The van der Waals surface area contributed by atoms with Crippen molar-refractivity contribution in [2.75, 3.05) is 49.6 Å². The normalized spacial score (nSPS) is 15.6. The lowest BCUT2D eigenvalue weighted by molar-refractivity contribution is 0.258. The van der Waals surface area contributed by atoms with Crippen LogP contribution >= 0.6 is 0 Å². The van der Waals surface area contributed by atoms with Gasteiger partial charge in [-0.25, -0.2) is 22.9 Å². The number of pyridine rings is 2. The van der Waals surface area contributed by atoms with Gasteiger partial charge >= 0.3 is 0 Å². The van der Waals surface area contributed by atoms with E-state index in [1.165, 1.54) is 17.4 Å². The molecule has 4 aromatic rings. The Hall–Kier alpha value is -2.98. The lowest BCUT2D eigenvalue weighted by atomic mass is 9.95. The fraction of sp³-hybridized carbons (Fsp3) is 0.500. The number of nitrogens with zero attached hydrogens (tertiary/aromatic N) is 6. The number of hydrogen-bond acceptors (Lipinski definition) is 7. The van der Waals surface area contributed by atoms with E-state index in [4.69, 9.17) is 4.98 Å². The minimum absolute atomic E-state index is 0.252. The maximum atomic E-state index is 11.4. The Bertz CT molecular complexity index is 1510. The van der Waals surface area contributed by atoms with Crippen LogP contribution in [0.3, 0.4) is 0 Å². The molecule has 1 saturated heterocycles. The number of sulfone groups is 1. The van der Waals surface area contributed by atoms with E-state index in [1.807, 2.05) is 4.52 Å². The molecule has 0 atom stereocenters. The van der Waals surface area contributed by atoms with E-state index in [-0.39, 0.29) is 11.7 Å². The molecule has 192 valence electrons. The molecule has 1 N–H and O–H groups in total. The summed E-state index contributed by atoms with van der Waals surface area (Å²) in [7, 11) is -2.90. The number of aromatic amines is 1. The fourth-order valence-electron chi connectivity index (χ4n) is 5.23. The number of anilines is 1. The van der Waals surface area contributed by atoms with E-state index in [0.29, 0.717) is 6.42 Å². The number of fused-ring (bicyclic) bond motifs is 2. The van der Waals surface area contributed by atoms with Gasteiger partial charge in [-0.1, -0.05) is 13.8 Å². The second kappa shape index (κ2) is 9.48. The average Bonchev–Trinajstić information content (AvgIpc) is 3.45. The SMILES string of the molecule is Cc1c(-c2[nH]c3ccc(N4CCN(CCCS(C)(=O)=O)CC4)nc3c2C(C)C)cn2ncnc2c1C. The van der Waals surface area contributed by atoms with E-state index in [2.05, 4.69) is 70.9 Å². The number of rotatable bonds is 7. The molecule has 0 saturated carbocycles. The first kappa shape index (κ1) is 24.7. The molecule has 9 nitrogen and oxygen atoms in total. The van der Waals surface area contributed by atoms with Crippen molar-refractivity contribution in [1.82, 2.24) is 29.5 Å². The molecule has 4 aromatic heterocycles. The maximum absolute atomic E-state index is 11.4. The van der Waals surface area contributed by atoms with Gasteiger partial charge in [0.05, 0.1) is 22.5 Å². The smallest absolute Gasteiger partial charge is 0.158 e. The molecular weight excluding hydrogens is 474 g/mol. The molecule has 5 rings (SSSR count). The predicted molar refractivity (Wildman–Crippen MR) is 145 cm³/mol. The van der Waals surface area contributed by atoms with Crippen molar-refractivity contribution in [3.63, 3.8) is 0 Å². The third kappa shape index (κ3) is 4.71. The number of piperazine rings is 1. The molecule has 10 heteroatoms. The summed E-state index contributed by atoms with van der Waals surface area (Å²) in [5, 5.41) is 4.38. The zero-order chi connectivity index (χ0) is 25.6. The van der Waals surface area contributed by atoms with E-state index >= 15 is 0 Å². The van der Waals surface area contributed by atoms with Gasteiger partial charge in [0.1, 0.15) is 22.0 Å². The molecule has 5 heterocycles. The van der Waals surface area contributed by atoms with Crippen LogP contribution in [0.1, 0.15) is 42.9 Å². The van der Waals surface area contributed by atoms with Crippen LogP contribution in [-0.4, -0.2) is 82.6 Å². The maximum Gasteiger partial charge on any atom is 0.158 e. The van der Waals surface area contributed by atoms with Crippen LogP contribution in [0.5, 0.6) is 0 Å². The van der Waals surface area contributed by atoms with Gasteiger partial charge < -0.3 is 9.88 Å². The van der Waals surface area contributed by atoms with Crippen LogP contribution < -0.4 is 4.90 Å². The summed E-state index contributed by atoms with van der Waals surface area (Å²) < 4.78 is 24.7. The molecule has 0 aromatic carbocycles. The van der Waals surface area contributed by atoms with Crippen LogP contribution in [0.25, 0.3) is 27.9 Å². The van der Waals surface area contributed by atoms with Crippen LogP contribution in [-0.2, 0) is 9.84 Å². The largest absolute Gasteiger partial charge is 0.354 e. The lowest BCUT2D eigenvalue weighted by Gasteiger charge is -2.35. The lowest BCUT2D eigenvalue weighted by Crippen LogP contribution is -2.47. The molecule has 0 radical (unpaired) electrons. The summed E-state index contributed by atoms with van der Waals surface area (Å²) in [5.41, 5.74) is 8.69. The van der Waals surface area contributed by atoms with Gasteiger partial charge in [0.15, 0.2) is 5.65 Å². The summed E-state index contributed by atoms with van der Waals surface area (Å²) >= 11 is 0. The number of H-pyrrole nitrogens is 1. The minimum atomic E-state index is -2.90. The van der Waals surface area contributed by atoms with E-state index in [0.717, 1.165) is 72.0 Å². The standard InChI is InChI=1S/C26H35N7O2S/c1-17(2)23-24(20-15-33-26(27-16-28-33)19(4)18(20)3)29-21-7-8-22(30-25(21)23)32-12-10-31(11-13-32)9-6-14-36(5,34)35/h7-8,15-17,29H,6,9-14H2,1-5H3. The Labute approximate surface area is 212 Å². The molecule has 0 spiro atoms. The fourth-order valence-corrected chi connectivity index (χ4v) is 5.88. The first-order chi connectivity index (χ1) is 17.1. The Balaban J connectivity index is 1.43. The van der Waals surface area contributed by atoms with Crippen LogP contribution in [0.15, 0.2) is 24.7 Å².